The average Bonchev–Trinajstić information content (AvgIpc) is 3.31. The molecule has 0 unspecified atom stereocenters. The van der Waals surface area contributed by atoms with Gasteiger partial charge in [-0.3, -0.25) is 19.3 Å². The molecule has 0 radical (unpaired) electrons. The molecule has 0 aromatic carbocycles. The normalized spacial score (nSPS) is 19.2. The van der Waals surface area contributed by atoms with Crippen LogP contribution in [0.2, 0.25) is 0 Å². The number of aromatic nitrogens is 1. The van der Waals surface area contributed by atoms with E-state index in [9.17, 15) is 19.2 Å². The summed E-state index contributed by atoms with van der Waals surface area (Å²) >= 11 is 0. The summed E-state index contributed by atoms with van der Waals surface area (Å²) in [4.78, 5) is 52.0. The van der Waals surface area contributed by atoms with Crippen LogP contribution < -0.4 is 0 Å². The molecule has 1 aromatic heterocycles. The van der Waals surface area contributed by atoms with Crippen LogP contribution in [0.4, 0.5) is 4.79 Å². The fraction of sp³-hybridized carbons (Fsp3) is 0.600. The third-order valence-electron chi connectivity index (χ3n) is 5.71. The Hall–Kier alpha value is -2.48. The lowest BCUT2D eigenvalue weighted by Crippen LogP contribution is -2.41. The lowest BCUT2D eigenvalue weighted by Gasteiger charge is -2.21. The summed E-state index contributed by atoms with van der Waals surface area (Å²) in [5.74, 6) is -2.08. The minimum atomic E-state index is -0.910. The van der Waals surface area contributed by atoms with Crippen molar-refractivity contribution >= 4 is 23.6 Å². The SMILES string of the molecule is COC[C@H](C)n1c(C)cc(C(=O)CN2C(=O)C(=O)N(C3CCCC3)C2=O)c1C. The van der Waals surface area contributed by atoms with E-state index in [1.54, 1.807) is 13.2 Å². The van der Waals surface area contributed by atoms with Crippen LogP contribution >= 0.6 is 0 Å². The second kappa shape index (κ2) is 7.87. The Balaban J connectivity index is 1.79. The molecule has 0 spiro atoms. The number of rotatable bonds is 7. The van der Waals surface area contributed by atoms with Gasteiger partial charge in [-0.25, -0.2) is 9.69 Å². The lowest BCUT2D eigenvalue weighted by atomic mass is 10.1. The first kappa shape index (κ1) is 20.3. The summed E-state index contributed by atoms with van der Waals surface area (Å²) in [7, 11) is 1.62. The molecule has 1 aromatic rings. The van der Waals surface area contributed by atoms with Crippen LogP contribution in [0.3, 0.4) is 0 Å². The van der Waals surface area contributed by atoms with E-state index in [1.807, 2.05) is 25.3 Å². The van der Waals surface area contributed by atoms with Gasteiger partial charge in [-0.15, -0.1) is 0 Å². The van der Waals surface area contributed by atoms with Gasteiger partial charge in [-0.05, 0) is 39.7 Å². The lowest BCUT2D eigenvalue weighted by molar-refractivity contribution is -0.143. The molecule has 0 bridgehead atoms. The number of nitrogens with zero attached hydrogens (tertiary/aromatic N) is 3. The van der Waals surface area contributed by atoms with Gasteiger partial charge in [0, 0.05) is 30.1 Å². The molecular weight excluding hydrogens is 362 g/mol. The zero-order chi connectivity index (χ0) is 20.6. The second-order valence-corrected chi connectivity index (χ2v) is 7.67. The second-order valence-electron chi connectivity index (χ2n) is 7.67. The Labute approximate surface area is 164 Å². The Morgan fingerprint density at radius 2 is 1.82 bits per heavy atom. The quantitative estimate of drug-likeness (QED) is 0.405. The molecule has 8 nitrogen and oxygen atoms in total. The highest BCUT2D eigenvalue weighted by Crippen LogP contribution is 2.28. The summed E-state index contributed by atoms with van der Waals surface area (Å²) in [5, 5.41) is 0. The molecule has 0 N–H and O–H groups in total. The van der Waals surface area contributed by atoms with Crippen molar-refractivity contribution in [3.05, 3.63) is 23.0 Å². The molecule has 8 heteroatoms. The fourth-order valence-corrected chi connectivity index (χ4v) is 4.43. The van der Waals surface area contributed by atoms with Gasteiger partial charge in [0.25, 0.3) is 0 Å². The van der Waals surface area contributed by atoms with Gasteiger partial charge in [0.2, 0.25) is 0 Å². The van der Waals surface area contributed by atoms with Crippen LogP contribution in [-0.4, -0.2) is 64.3 Å². The molecule has 1 aliphatic heterocycles. The molecule has 1 saturated heterocycles. The predicted molar refractivity (Wildman–Crippen MR) is 101 cm³/mol. The Morgan fingerprint density at radius 3 is 2.43 bits per heavy atom. The highest BCUT2D eigenvalue weighted by Gasteiger charge is 2.48. The van der Waals surface area contributed by atoms with E-state index in [4.69, 9.17) is 4.74 Å². The number of hydrogen-bond donors (Lipinski definition) is 0. The zero-order valence-electron chi connectivity index (χ0n) is 16.9. The van der Waals surface area contributed by atoms with E-state index in [1.165, 1.54) is 0 Å². The molecular formula is C20H27N3O5. The van der Waals surface area contributed by atoms with Crippen molar-refractivity contribution in [1.82, 2.24) is 14.4 Å². The van der Waals surface area contributed by atoms with Crippen molar-refractivity contribution in [1.29, 1.82) is 0 Å². The van der Waals surface area contributed by atoms with E-state index in [0.717, 1.165) is 34.0 Å². The minimum absolute atomic E-state index is 0.0426. The Morgan fingerprint density at radius 1 is 1.18 bits per heavy atom. The van der Waals surface area contributed by atoms with Crippen LogP contribution in [0.15, 0.2) is 6.07 Å². The van der Waals surface area contributed by atoms with Gasteiger partial charge in [0.05, 0.1) is 19.2 Å². The van der Waals surface area contributed by atoms with E-state index in [2.05, 4.69) is 0 Å². The third-order valence-corrected chi connectivity index (χ3v) is 5.71. The molecule has 152 valence electrons. The number of carbonyl (C=O) groups excluding carboxylic acids is 4. The topological polar surface area (TPSA) is 88.9 Å². The highest BCUT2D eigenvalue weighted by atomic mass is 16.5. The third kappa shape index (κ3) is 3.37. The van der Waals surface area contributed by atoms with Crippen molar-refractivity contribution in [2.24, 2.45) is 0 Å². The number of methoxy groups -OCH3 is 1. The number of amides is 4. The molecule has 1 aliphatic carbocycles. The first-order valence-corrected chi connectivity index (χ1v) is 9.67. The summed E-state index contributed by atoms with van der Waals surface area (Å²) in [6, 6.07) is 0.896. The van der Waals surface area contributed by atoms with E-state index in [-0.39, 0.29) is 17.9 Å². The van der Waals surface area contributed by atoms with Crippen LogP contribution in [0, 0.1) is 13.8 Å². The van der Waals surface area contributed by atoms with Crippen molar-refractivity contribution in [2.75, 3.05) is 20.3 Å². The van der Waals surface area contributed by atoms with Gasteiger partial charge in [-0.2, -0.15) is 0 Å². The molecule has 3 rings (SSSR count). The zero-order valence-corrected chi connectivity index (χ0v) is 16.9. The first-order valence-electron chi connectivity index (χ1n) is 9.67. The Bertz CT molecular complexity index is 822. The molecule has 1 atom stereocenters. The van der Waals surface area contributed by atoms with E-state index < -0.39 is 24.4 Å². The molecule has 2 fully saturated rings. The predicted octanol–water partition coefficient (Wildman–Crippen LogP) is 2.23. The van der Waals surface area contributed by atoms with Crippen LogP contribution in [0.1, 0.15) is 60.4 Å². The fourth-order valence-electron chi connectivity index (χ4n) is 4.43. The number of urea groups is 1. The number of carbonyl (C=O) groups is 4. The number of aryl methyl sites for hydroxylation is 1. The van der Waals surface area contributed by atoms with Gasteiger partial charge in [0.1, 0.15) is 0 Å². The maximum Gasteiger partial charge on any atom is 0.334 e. The highest BCUT2D eigenvalue weighted by molar-refractivity contribution is 6.45. The largest absolute Gasteiger partial charge is 0.383 e. The van der Waals surface area contributed by atoms with Crippen LogP contribution in [0.5, 0.6) is 0 Å². The van der Waals surface area contributed by atoms with Gasteiger partial charge in [0.15, 0.2) is 5.78 Å². The van der Waals surface area contributed by atoms with Gasteiger partial charge < -0.3 is 9.30 Å². The summed E-state index contributed by atoms with van der Waals surface area (Å²) in [6.45, 7) is 5.79. The maximum atomic E-state index is 12.9. The van der Waals surface area contributed by atoms with Gasteiger partial charge >= 0.3 is 17.8 Å². The van der Waals surface area contributed by atoms with Crippen LogP contribution in [0.25, 0.3) is 0 Å². The smallest absolute Gasteiger partial charge is 0.334 e. The Kier molecular flexibility index (Phi) is 5.69. The summed E-state index contributed by atoms with van der Waals surface area (Å²) in [5.41, 5.74) is 2.10. The van der Waals surface area contributed by atoms with Crippen molar-refractivity contribution in [2.45, 2.75) is 58.5 Å². The van der Waals surface area contributed by atoms with Crippen molar-refractivity contribution in [3.8, 4) is 0 Å². The number of Topliss-reactive ketones (excluding diaryl/α,β-unsaturated/α-hetero) is 1. The summed E-state index contributed by atoms with van der Waals surface area (Å²) in [6.07, 6.45) is 3.29. The summed E-state index contributed by atoms with van der Waals surface area (Å²) < 4.78 is 7.20. The average molecular weight is 389 g/mol. The van der Waals surface area contributed by atoms with E-state index >= 15 is 0 Å². The number of hydrogen-bond acceptors (Lipinski definition) is 5. The molecule has 28 heavy (non-hydrogen) atoms. The molecule has 2 aliphatic rings. The molecule has 1 saturated carbocycles. The number of imide groups is 2. The monoisotopic (exact) mass is 389 g/mol. The van der Waals surface area contributed by atoms with Crippen molar-refractivity contribution in [3.63, 3.8) is 0 Å². The van der Waals surface area contributed by atoms with E-state index in [0.29, 0.717) is 25.0 Å². The maximum absolute atomic E-state index is 12.9. The first-order chi connectivity index (χ1) is 13.3. The minimum Gasteiger partial charge on any atom is -0.383 e. The standard InChI is InChI=1S/C20H27N3O5/c1-12-9-16(14(3)22(12)13(2)11-28-4)17(24)10-21-18(25)19(26)23(20(21)27)15-7-5-6-8-15/h9,13,15H,5-8,10-11H2,1-4H3/t13-/m0/s1. The van der Waals surface area contributed by atoms with Crippen LogP contribution in [-0.2, 0) is 14.3 Å². The number of ketones is 1. The molecule has 2 heterocycles. The number of ether oxygens (including phenoxy) is 1. The molecule has 4 amide bonds. The van der Waals surface area contributed by atoms with Gasteiger partial charge in [-0.1, -0.05) is 12.8 Å². The van der Waals surface area contributed by atoms with Crippen molar-refractivity contribution < 1.29 is 23.9 Å².